The van der Waals surface area contributed by atoms with Gasteiger partial charge in [-0.3, -0.25) is 4.79 Å². The highest BCUT2D eigenvalue weighted by Gasteiger charge is 2.47. The maximum atomic E-state index is 11.7. The Hall–Kier alpha value is -2.11. The van der Waals surface area contributed by atoms with Crippen molar-refractivity contribution in [1.29, 1.82) is 0 Å². The normalized spacial score (nSPS) is 22.9. The topological polar surface area (TPSA) is 70.7 Å². The number of hydrogen-bond donors (Lipinski definition) is 1. The number of anilines is 1. The van der Waals surface area contributed by atoms with Crippen LogP contribution in [0.15, 0.2) is 24.5 Å². The molecule has 0 saturated carbocycles. The minimum absolute atomic E-state index is 0.101. The van der Waals surface area contributed by atoms with Gasteiger partial charge < -0.3 is 10.0 Å². The van der Waals surface area contributed by atoms with Crippen LogP contribution in [0.4, 0.5) is 5.82 Å². The van der Waals surface area contributed by atoms with Crippen LogP contribution < -0.4 is 4.90 Å². The van der Waals surface area contributed by atoms with E-state index < -0.39 is 11.4 Å². The van der Waals surface area contributed by atoms with Crippen molar-refractivity contribution in [2.75, 3.05) is 18.0 Å². The summed E-state index contributed by atoms with van der Waals surface area (Å²) in [5.74, 6) is 0.214. The fraction of sp³-hybridized carbons (Fsp3) is 0.500. The molecular formula is C14H18N4O2. The number of carbonyl (C=O) groups is 1. The summed E-state index contributed by atoms with van der Waals surface area (Å²) in [6.45, 7) is 5.19. The highest BCUT2D eigenvalue weighted by molar-refractivity contribution is 5.77. The molecule has 1 N–H and O–H groups in total. The van der Waals surface area contributed by atoms with Crippen LogP contribution in [-0.4, -0.2) is 38.8 Å². The van der Waals surface area contributed by atoms with E-state index in [0.29, 0.717) is 13.0 Å². The van der Waals surface area contributed by atoms with Crippen molar-refractivity contribution in [1.82, 2.24) is 14.6 Å². The number of hydrogen-bond acceptors (Lipinski definition) is 4. The summed E-state index contributed by atoms with van der Waals surface area (Å²) < 4.78 is 1.70. The summed E-state index contributed by atoms with van der Waals surface area (Å²) in [7, 11) is 0. The highest BCUT2D eigenvalue weighted by atomic mass is 16.4. The number of aromatic nitrogens is 3. The first-order valence-electron chi connectivity index (χ1n) is 6.82. The summed E-state index contributed by atoms with van der Waals surface area (Å²) in [5.41, 5.74) is 0.105. The van der Waals surface area contributed by atoms with E-state index in [1.165, 1.54) is 0 Å². The van der Waals surface area contributed by atoms with Gasteiger partial charge in [0.05, 0.1) is 11.6 Å². The van der Waals surface area contributed by atoms with Crippen LogP contribution in [0.25, 0.3) is 5.65 Å². The molecule has 1 saturated heterocycles. The van der Waals surface area contributed by atoms with Crippen LogP contribution in [0.1, 0.15) is 20.3 Å². The van der Waals surface area contributed by atoms with Crippen LogP contribution in [0.3, 0.4) is 0 Å². The maximum absolute atomic E-state index is 11.7. The van der Waals surface area contributed by atoms with Gasteiger partial charge in [-0.15, -0.1) is 0 Å². The third-order valence-electron chi connectivity index (χ3n) is 4.40. The predicted molar refractivity (Wildman–Crippen MR) is 74.7 cm³/mol. The van der Waals surface area contributed by atoms with Gasteiger partial charge in [0.1, 0.15) is 5.82 Å². The van der Waals surface area contributed by atoms with Crippen molar-refractivity contribution in [3.8, 4) is 0 Å². The second-order valence-corrected chi connectivity index (χ2v) is 5.71. The monoisotopic (exact) mass is 274 g/mol. The van der Waals surface area contributed by atoms with Crippen molar-refractivity contribution in [3.05, 3.63) is 24.5 Å². The number of carboxylic acid groups (broad SMARTS) is 1. The summed E-state index contributed by atoms with van der Waals surface area (Å²) in [6, 6.07) is 3.73. The highest BCUT2D eigenvalue weighted by Crippen LogP contribution is 2.39. The third kappa shape index (κ3) is 1.83. The predicted octanol–water partition coefficient (Wildman–Crippen LogP) is 1.67. The van der Waals surface area contributed by atoms with Crippen LogP contribution >= 0.6 is 0 Å². The quantitative estimate of drug-likeness (QED) is 0.921. The van der Waals surface area contributed by atoms with Gasteiger partial charge in [-0.1, -0.05) is 13.8 Å². The molecule has 106 valence electrons. The first-order valence-corrected chi connectivity index (χ1v) is 6.82. The lowest BCUT2D eigenvalue weighted by Crippen LogP contribution is -2.39. The number of aliphatic carboxylic acids is 1. The molecule has 1 atom stereocenters. The molecule has 20 heavy (non-hydrogen) atoms. The number of nitrogens with zero attached hydrogens (tertiary/aromatic N) is 4. The van der Waals surface area contributed by atoms with E-state index in [9.17, 15) is 9.90 Å². The van der Waals surface area contributed by atoms with Crippen molar-refractivity contribution >= 4 is 17.4 Å². The van der Waals surface area contributed by atoms with Crippen LogP contribution in [0.2, 0.25) is 0 Å². The Morgan fingerprint density at radius 3 is 2.90 bits per heavy atom. The first-order chi connectivity index (χ1) is 9.53. The SMILES string of the molecule is CC(C)C1(C(=O)O)CCN(c2ccn3nccc3n2)C1. The lowest BCUT2D eigenvalue weighted by atomic mass is 9.76. The molecular weight excluding hydrogens is 256 g/mol. The second-order valence-electron chi connectivity index (χ2n) is 5.71. The Bertz CT molecular complexity index is 651. The van der Waals surface area contributed by atoms with E-state index in [1.54, 1.807) is 10.7 Å². The fourth-order valence-corrected chi connectivity index (χ4v) is 2.90. The van der Waals surface area contributed by atoms with Gasteiger partial charge in [0, 0.05) is 25.4 Å². The first kappa shape index (κ1) is 12.9. The molecule has 6 heteroatoms. The lowest BCUT2D eigenvalue weighted by Gasteiger charge is -2.28. The smallest absolute Gasteiger partial charge is 0.311 e. The minimum atomic E-state index is -0.708. The molecule has 0 bridgehead atoms. The summed E-state index contributed by atoms with van der Waals surface area (Å²) in [5, 5.41) is 13.7. The Labute approximate surface area is 117 Å². The van der Waals surface area contributed by atoms with Gasteiger partial charge in [-0.25, -0.2) is 9.50 Å². The van der Waals surface area contributed by atoms with E-state index in [-0.39, 0.29) is 5.92 Å². The molecule has 3 rings (SSSR count). The Balaban J connectivity index is 1.91. The van der Waals surface area contributed by atoms with Gasteiger partial charge in [0.25, 0.3) is 0 Å². The third-order valence-corrected chi connectivity index (χ3v) is 4.40. The van der Waals surface area contributed by atoms with Crippen molar-refractivity contribution < 1.29 is 9.90 Å². The average molecular weight is 274 g/mol. The number of rotatable bonds is 3. The zero-order chi connectivity index (χ0) is 14.3. The summed E-state index contributed by atoms with van der Waals surface area (Å²) in [4.78, 5) is 18.2. The van der Waals surface area contributed by atoms with Crippen molar-refractivity contribution in [2.45, 2.75) is 20.3 Å². The number of carboxylic acids is 1. The molecule has 0 spiro atoms. The standard InChI is InChI=1S/C14H18N4O2/c1-10(2)14(13(19)20)5-8-17(9-14)11-4-7-18-12(16-11)3-6-15-18/h3-4,6-7,10H,5,8-9H2,1-2H3,(H,19,20). The summed E-state index contributed by atoms with van der Waals surface area (Å²) in [6.07, 6.45) is 4.21. The Morgan fingerprint density at radius 1 is 1.45 bits per heavy atom. The summed E-state index contributed by atoms with van der Waals surface area (Å²) >= 11 is 0. The van der Waals surface area contributed by atoms with Gasteiger partial charge in [-0.05, 0) is 18.4 Å². The van der Waals surface area contributed by atoms with Crippen LogP contribution in [-0.2, 0) is 4.79 Å². The molecule has 6 nitrogen and oxygen atoms in total. The van der Waals surface area contributed by atoms with Gasteiger partial charge in [0.2, 0.25) is 0 Å². The van der Waals surface area contributed by atoms with E-state index in [2.05, 4.69) is 15.0 Å². The van der Waals surface area contributed by atoms with Crippen molar-refractivity contribution in [3.63, 3.8) is 0 Å². The molecule has 0 radical (unpaired) electrons. The largest absolute Gasteiger partial charge is 0.481 e. The van der Waals surface area contributed by atoms with E-state index >= 15 is 0 Å². The van der Waals surface area contributed by atoms with E-state index in [1.807, 2.05) is 32.2 Å². The van der Waals surface area contributed by atoms with E-state index in [0.717, 1.165) is 18.0 Å². The molecule has 0 aromatic carbocycles. The van der Waals surface area contributed by atoms with Crippen molar-refractivity contribution in [2.24, 2.45) is 11.3 Å². The molecule has 1 aliphatic rings. The minimum Gasteiger partial charge on any atom is -0.481 e. The molecule has 3 heterocycles. The lowest BCUT2D eigenvalue weighted by molar-refractivity contribution is -0.150. The molecule has 0 aliphatic carbocycles. The molecule has 0 amide bonds. The van der Waals surface area contributed by atoms with Crippen LogP contribution in [0.5, 0.6) is 0 Å². The Kier molecular flexibility index (Phi) is 2.88. The zero-order valence-corrected chi connectivity index (χ0v) is 11.7. The second kappa shape index (κ2) is 4.47. The number of fused-ring (bicyclic) bond motifs is 1. The van der Waals surface area contributed by atoms with E-state index in [4.69, 9.17) is 0 Å². The van der Waals surface area contributed by atoms with Gasteiger partial charge in [-0.2, -0.15) is 5.10 Å². The average Bonchev–Trinajstić information content (AvgIpc) is 3.05. The molecule has 2 aromatic heterocycles. The zero-order valence-electron chi connectivity index (χ0n) is 11.7. The molecule has 1 unspecified atom stereocenters. The molecule has 1 aliphatic heterocycles. The molecule has 1 fully saturated rings. The Morgan fingerprint density at radius 2 is 2.25 bits per heavy atom. The van der Waals surface area contributed by atoms with Gasteiger partial charge in [0.15, 0.2) is 5.65 Å². The molecule has 2 aromatic rings. The van der Waals surface area contributed by atoms with Gasteiger partial charge >= 0.3 is 5.97 Å². The fourth-order valence-electron chi connectivity index (χ4n) is 2.90. The maximum Gasteiger partial charge on any atom is 0.311 e. The van der Waals surface area contributed by atoms with Crippen LogP contribution in [0, 0.1) is 11.3 Å².